The molecule has 0 N–H and O–H groups in total. The molecule has 0 saturated carbocycles. The molecule has 82 heavy (non-hydrogen) atoms. The molecule has 10 atom stereocenters. The molecule has 16 heteroatoms. The number of hydrogen-bond acceptors (Lipinski definition) is 15. The molecule has 0 aromatic heterocycles. The Kier molecular flexibility index (Phi) is 18.0. The third kappa shape index (κ3) is 13.2. The van der Waals surface area contributed by atoms with Crippen molar-refractivity contribution in [2.75, 3.05) is 13.2 Å². The summed E-state index contributed by atoms with van der Waals surface area (Å²) in [6.07, 6.45) is -13.2. The van der Waals surface area contributed by atoms with E-state index in [9.17, 15) is 19.2 Å². The maximum absolute atomic E-state index is 14.7. The number of carbonyl (C=O) groups excluding carboxylic acids is 4. The fourth-order valence-corrected chi connectivity index (χ4v) is 15.3. The van der Waals surface area contributed by atoms with Crippen molar-refractivity contribution in [1.29, 1.82) is 0 Å². The normalized spacial score (nSPS) is 23.4. The van der Waals surface area contributed by atoms with Gasteiger partial charge in [-0.3, -0.25) is 0 Å². The molecule has 3 aliphatic heterocycles. The summed E-state index contributed by atoms with van der Waals surface area (Å²) in [7, 11) is -3.42. The number of hydrogen-bond donors (Lipinski definition) is 0. The maximum Gasteiger partial charge on any atom is 0.338 e. The van der Waals surface area contributed by atoms with E-state index in [0.717, 1.165) is 15.9 Å². The Morgan fingerprint density at radius 1 is 0.512 bits per heavy atom. The average Bonchev–Trinajstić information content (AvgIpc) is 3.79. The van der Waals surface area contributed by atoms with Crippen LogP contribution in [-0.2, 0) is 58.4 Å². The van der Waals surface area contributed by atoms with Crippen molar-refractivity contribution in [3.05, 3.63) is 240 Å². The molecule has 15 nitrogen and oxygen atoms in total. The molecule has 3 heterocycles. The first-order valence-electron chi connectivity index (χ1n) is 27.4. The molecule has 3 fully saturated rings. The summed E-state index contributed by atoms with van der Waals surface area (Å²) in [5, 5.41) is 1.42. The zero-order chi connectivity index (χ0) is 57.3. The largest absolute Gasteiger partial charge is 0.459 e. The predicted octanol–water partition coefficient (Wildman–Crippen LogP) is 9.67. The molecular weight excluding hydrogens is 1060 g/mol. The monoisotopic (exact) mass is 1130 g/mol. The summed E-state index contributed by atoms with van der Waals surface area (Å²) in [6, 6.07) is 62.7. The van der Waals surface area contributed by atoms with Gasteiger partial charge in [-0.1, -0.05) is 185 Å². The van der Waals surface area contributed by atoms with Gasteiger partial charge in [-0.15, -0.1) is 0 Å². The molecule has 0 spiro atoms. The van der Waals surface area contributed by atoms with Gasteiger partial charge in [-0.2, -0.15) is 0 Å². The molecule has 3 saturated heterocycles. The minimum absolute atomic E-state index is 0.128. The van der Waals surface area contributed by atoms with Crippen LogP contribution in [0.1, 0.15) is 81.6 Å². The van der Waals surface area contributed by atoms with Crippen LogP contribution in [0.25, 0.3) is 0 Å². The third-order valence-corrected chi connectivity index (χ3v) is 19.6. The Morgan fingerprint density at radius 3 is 1.41 bits per heavy atom. The van der Waals surface area contributed by atoms with E-state index in [1.165, 1.54) is 0 Å². The fourth-order valence-electron chi connectivity index (χ4n) is 10.7. The summed E-state index contributed by atoms with van der Waals surface area (Å²) in [5.74, 6) is -4.35. The Balaban J connectivity index is 1.13. The zero-order valence-electron chi connectivity index (χ0n) is 46.2. The van der Waals surface area contributed by atoms with Gasteiger partial charge in [0, 0.05) is 0 Å². The fraction of sp³-hybridized carbons (Fsp3) is 0.303. The number of benzene rings is 7. The Hall–Kier alpha value is -7.64. The van der Waals surface area contributed by atoms with Crippen LogP contribution in [-0.4, -0.2) is 113 Å². The number of carbonyl (C=O) groups is 4. The molecule has 7 aromatic rings. The lowest BCUT2D eigenvalue weighted by molar-refractivity contribution is -0.323. The van der Waals surface area contributed by atoms with Crippen molar-refractivity contribution in [3.63, 3.8) is 0 Å². The summed E-state index contributed by atoms with van der Waals surface area (Å²) in [4.78, 5) is 57.6. The predicted molar refractivity (Wildman–Crippen MR) is 304 cm³/mol. The van der Waals surface area contributed by atoms with Crippen LogP contribution in [0.2, 0.25) is 5.04 Å². The highest BCUT2D eigenvalue weighted by Gasteiger charge is 2.61. The highest BCUT2D eigenvalue weighted by Crippen LogP contribution is 2.43. The van der Waals surface area contributed by atoms with Crippen molar-refractivity contribution in [3.8, 4) is 0 Å². The quantitative estimate of drug-likeness (QED) is 0.0401. The van der Waals surface area contributed by atoms with Gasteiger partial charge in [0.15, 0.2) is 36.7 Å². The first-order valence-corrected chi connectivity index (χ1v) is 29.3. The van der Waals surface area contributed by atoms with Gasteiger partial charge in [0.1, 0.15) is 37.1 Å². The molecule has 10 rings (SSSR count). The molecule has 0 amide bonds. The van der Waals surface area contributed by atoms with Crippen LogP contribution in [0.3, 0.4) is 0 Å². The lowest BCUT2D eigenvalue weighted by Gasteiger charge is -2.47. The molecule has 3 aliphatic rings. The van der Waals surface area contributed by atoms with Gasteiger partial charge in [0.2, 0.25) is 0 Å². The van der Waals surface area contributed by atoms with Gasteiger partial charge in [-0.25, -0.2) is 19.2 Å². The molecule has 0 bridgehead atoms. The second-order valence-electron chi connectivity index (χ2n) is 21.7. The Labute approximate surface area is 478 Å². The maximum atomic E-state index is 14.7. The molecule has 0 aliphatic carbocycles. The highest BCUT2D eigenvalue weighted by molar-refractivity contribution is 6.99. The number of rotatable bonds is 20. The summed E-state index contributed by atoms with van der Waals surface area (Å²) >= 11 is 0. The van der Waals surface area contributed by atoms with Crippen LogP contribution >= 0.6 is 0 Å². The second-order valence-corrected chi connectivity index (χ2v) is 26.0. The molecule has 7 aromatic carbocycles. The summed E-state index contributed by atoms with van der Waals surface area (Å²) < 4.78 is 74.3. The van der Waals surface area contributed by atoms with Gasteiger partial charge < -0.3 is 51.8 Å². The minimum Gasteiger partial charge on any atom is -0.459 e. The molecule has 0 unspecified atom stereocenters. The molecule has 424 valence electrons. The van der Waals surface area contributed by atoms with E-state index < -0.39 is 111 Å². The Bertz CT molecular complexity index is 3170. The van der Waals surface area contributed by atoms with Crippen LogP contribution < -0.4 is 10.4 Å². The van der Waals surface area contributed by atoms with E-state index >= 15 is 0 Å². The first kappa shape index (κ1) is 57.6. The molecule has 0 radical (unpaired) electrons. The van der Waals surface area contributed by atoms with Crippen molar-refractivity contribution in [2.24, 2.45) is 0 Å². The van der Waals surface area contributed by atoms with E-state index in [0.29, 0.717) is 0 Å². The van der Waals surface area contributed by atoms with Crippen molar-refractivity contribution in [2.45, 2.75) is 113 Å². The van der Waals surface area contributed by atoms with E-state index in [1.807, 2.05) is 66.7 Å². The van der Waals surface area contributed by atoms with Crippen LogP contribution in [0, 0.1) is 0 Å². The number of fused-ring (bicyclic) bond motifs is 1. The van der Waals surface area contributed by atoms with Crippen molar-refractivity contribution in [1.82, 2.24) is 0 Å². The number of esters is 4. The standard InChI is InChI=1S/C66H66O15Si/c1-65(2,3)82(49-37-23-11-24-38-49,50-39-25-12-26-40-50)73-43-52(53-55(71-41-44-27-13-6-14-28-44)58-64(79-53)81-66(4,5)80-58)75-63-57(78-62(70)48-35-21-10-22-36-48)56(77-61(69)47-33-19-9-20-34-47)54(76-60(68)46-31-17-8-18-32-46)51(74-63)42-72-59(67)45-29-15-7-16-30-45/h6-40,51-58,63-64H,41-43H2,1-5H3/t51-,52-,53-,54-,55+,56+,57+,58-,63-,64-/m1/s1. The second kappa shape index (κ2) is 25.7. The Morgan fingerprint density at radius 2 is 0.939 bits per heavy atom. The van der Waals surface area contributed by atoms with Crippen molar-refractivity contribution >= 4 is 42.6 Å². The topological polar surface area (TPSA) is 170 Å². The number of ether oxygens (including phenoxy) is 10. The van der Waals surface area contributed by atoms with E-state index in [-0.39, 0.29) is 35.5 Å². The first-order chi connectivity index (χ1) is 39.7. The van der Waals surface area contributed by atoms with Gasteiger partial charge in [0.05, 0.1) is 35.5 Å². The van der Waals surface area contributed by atoms with Gasteiger partial charge in [0.25, 0.3) is 8.32 Å². The lowest BCUT2D eigenvalue weighted by Crippen LogP contribution is -2.68. The van der Waals surface area contributed by atoms with Gasteiger partial charge in [-0.05, 0) is 83.4 Å². The van der Waals surface area contributed by atoms with Crippen LogP contribution in [0.15, 0.2) is 212 Å². The average molecular weight is 1130 g/mol. The summed E-state index contributed by atoms with van der Waals surface area (Å²) in [6.45, 7) is 9.38. The SMILES string of the molecule is CC1(C)O[C@H]2O[C@H]([C@@H](CO[Si](c3ccccc3)(c3ccccc3)C(C)(C)C)O[C@H]3O[C@H](COC(=O)c4ccccc4)[C@@H](OC(=O)c4ccccc4)[C@H](OC(=O)c4ccccc4)[C@@H]3OC(=O)c3ccccc3)[C@H](OCc3ccccc3)[C@H]2O1. The van der Waals surface area contributed by atoms with Crippen molar-refractivity contribution < 1.29 is 71.0 Å². The van der Waals surface area contributed by atoms with E-state index in [4.69, 9.17) is 51.8 Å². The van der Waals surface area contributed by atoms with E-state index in [2.05, 4.69) is 45.0 Å². The highest BCUT2D eigenvalue weighted by atomic mass is 28.4. The zero-order valence-corrected chi connectivity index (χ0v) is 47.2. The van der Waals surface area contributed by atoms with E-state index in [1.54, 1.807) is 135 Å². The van der Waals surface area contributed by atoms with Crippen LogP contribution in [0.4, 0.5) is 0 Å². The van der Waals surface area contributed by atoms with Gasteiger partial charge >= 0.3 is 23.9 Å². The van der Waals surface area contributed by atoms with Crippen LogP contribution in [0.5, 0.6) is 0 Å². The smallest absolute Gasteiger partial charge is 0.338 e. The third-order valence-electron chi connectivity index (χ3n) is 14.6. The lowest BCUT2D eigenvalue weighted by atomic mass is 9.97. The molecular formula is C66H66O15Si. The minimum atomic E-state index is -3.42. The summed E-state index contributed by atoms with van der Waals surface area (Å²) in [5.41, 5.74) is 1.51.